The molecule has 23 heavy (non-hydrogen) atoms. The lowest BCUT2D eigenvalue weighted by atomic mass is 10.1. The van der Waals surface area contributed by atoms with Gasteiger partial charge in [-0.1, -0.05) is 60.3 Å². The van der Waals surface area contributed by atoms with E-state index < -0.39 is 0 Å². The molecule has 3 nitrogen and oxygen atoms in total. The van der Waals surface area contributed by atoms with Crippen molar-refractivity contribution in [2.45, 2.75) is 9.92 Å². The van der Waals surface area contributed by atoms with Gasteiger partial charge in [0.05, 0.1) is 16.8 Å². The number of benzene rings is 2. The summed E-state index contributed by atoms with van der Waals surface area (Å²) in [5, 5.41) is 19.3. The zero-order valence-corrected chi connectivity index (χ0v) is 12.9. The number of pyridine rings is 1. The molecule has 3 rings (SSSR count). The van der Waals surface area contributed by atoms with Crippen molar-refractivity contribution < 1.29 is 0 Å². The van der Waals surface area contributed by atoms with Gasteiger partial charge in [-0.15, -0.1) is 0 Å². The van der Waals surface area contributed by atoms with Crippen LogP contribution < -0.4 is 0 Å². The molecule has 0 unspecified atom stereocenters. The molecule has 0 aliphatic heterocycles. The predicted octanol–water partition coefficient (Wildman–Crippen LogP) is 4.64. The number of hydrogen-bond donors (Lipinski definition) is 0. The summed E-state index contributed by atoms with van der Waals surface area (Å²) in [7, 11) is 0. The van der Waals surface area contributed by atoms with Gasteiger partial charge in [0.1, 0.15) is 17.2 Å². The number of hydrogen-bond acceptors (Lipinski definition) is 4. The molecule has 0 radical (unpaired) electrons. The Morgan fingerprint density at radius 3 is 2.00 bits per heavy atom. The molecule has 4 heteroatoms. The second-order valence-electron chi connectivity index (χ2n) is 4.74. The average Bonchev–Trinajstić information content (AvgIpc) is 2.63. The maximum absolute atomic E-state index is 9.37. The molecule has 0 N–H and O–H groups in total. The summed E-state index contributed by atoms with van der Waals surface area (Å²) in [6.45, 7) is 0. The third-order valence-electron chi connectivity index (χ3n) is 3.23. The zero-order valence-electron chi connectivity index (χ0n) is 12.1. The van der Waals surface area contributed by atoms with Crippen LogP contribution in [0.15, 0.2) is 76.7 Å². The molecule has 0 fully saturated rings. The molecule has 108 valence electrons. The van der Waals surface area contributed by atoms with Crippen molar-refractivity contribution in [3.63, 3.8) is 0 Å². The molecule has 0 saturated carbocycles. The van der Waals surface area contributed by atoms with Gasteiger partial charge >= 0.3 is 0 Å². The van der Waals surface area contributed by atoms with Crippen LogP contribution in [0, 0.1) is 22.7 Å². The first-order valence-corrected chi connectivity index (χ1v) is 7.77. The van der Waals surface area contributed by atoms with Crippen LogP contribution in [0.5, 0.6) is 0 Å². The van der Waals surface area contributed by atoms with Crippen molar-refractivity contribution >= 4 is 11.8 Å². The summed E-state index contributed by atoms with van der Waals surface area (Å²) in [6.07, 6.45) is 0. The van der Waals surface area contributed by atoms with Gasteiger partial charge < -0.3 is 0 Å². The van der Waals surface area contributed by atoms with Crippen LogP contribution in [-0.4, -0.2) is 4.98 Å². The Balaban J connectivity index is 2.13. The molecule has 0 saturated heterocycles. The topological polar surface area (TPSA) is 60.5 Å². The molecule has 1 aromatic heterocycles. The highest BCUT2D eigenvalue weighted by Gasteiger charge is 2.14. The van der Waals surface area contributed by atoms with Crippen molar-refractivity contribution in [3.05, 3.63) is 77.9 Å². The minimum atomic E-state index is 0.408. The van der Waals surface area contributed by atoms with Crippen molar-refractivity contribution in [2.24, 2.45) is 0 Å². The van der Waals surface area contributed by atoms with E-state index in [9.17, 15) is 10.5 Å². The number of rotatable bonds is 3. The number of nitrogens with zero attached hydrogens (tertiary/aromatic N) is 3. The summed E-state index contributed by atoms with van der Waals surface area (Å²) in [4.78, 5) is 5.60. The normalized spacial score (nSPS) is 9.83. The first kappa shape index (κ1) is 14.8. The lowest BCUT2D eigenvalue weighted by molar-refractivity contribution is 1.11. The summed E-state index contributed by atoms with van der Waals surface area (Å²) < 4.78 is 0. The quantitative estimate of drug-likeness (QED) is 0.706. The maximum Gasteiger partial charge on any atom is 0.119 e. The van der Waals surface area contributed by atoms with Gasteiger partial charge in [-0.05, 0) is 18.2 Å². The molecule has 1 heterocycles. The second kappa shape index (κ2) is 6.79. The fraction of sp³-hybridized carbons (Fsp3) is 0. The fourth-order valence-corrected chi connectivity index (χ4v) is 3.02. The van der Waals surface area contributed by atoms with Crippen LogP contribution in [0.3, 0.4) is 0 Å². The molecule has 0 bridgehead atoms. The summed E-state index contributed by atoms with van der Waals surface area (Å²) in [5.41, 5.74) is 2.29. The van der Waals surface area contributed by atoms with E-state index >= 15 is 0 Å². The van der Waals surface area contributed by atoms with Gasteiger partial charge in [0.15, 0.2) is 0 Å². The van der Waals surface area contributed by atoms with Crippen LogP contribution in [0.2, 0.25) is 0 Å². The van der Waals surface area contributed by atoms with Crippen molar-refractivity contribution in [1.29, 1.82) is 10.5 Å². The second-order valence-corrected chi connectivity index (χ2v) is 5.80. The van der Waals surface area contributed by atoms with E-state index in [1.54, 1.807) is 6.07 Å². The highest BCUT2D eigenvalue weighted by atomic mass is 32.2. The van der Waals surface area contributed by atoms with Crippen molar-refractivity contribution in [1.82, 2.24) is 4.98 Å². The first-order chi connectivity index (χ1) is 11.3. The van der Waals surface area contributed by atoms with Gasteiger partial charge in [0.25, 0.3) is 0 Å². The van der Waals surface area contributed by atoms with Gasteiger partial charge in [0.2, 0.25) is 0 Å². The standard InChI is InChI=1S/C19H11N3S/c20-12-15-11-16(13-21)19(23-17-9-5-2-6-10-17)22-18(15)14-7-3-1-4-8-14/h1-11H. The Morgan fingerprint density at radius 2 is 1.39 bits per heavy atom. The van der Waals surface area contributed by atoms with Crippen LogP contribution in [0.1, 0.15) is 11.1 Å². The lowest BCUT2D eigenvalue weighted by Gasteiger charge is -2.09. The third-order valence-corrected chi connectivity index (χ3v) is 4.25. The fourth-order valence-electron chi connectivity index (χ4n) is 2.16. The van der Waals surface area contributed by atoms with Crippen LogP contribution >= 0.6 is 11.8 Å². The Labute approximate surface area is 138 Å². The van der Waals surface area contributed by atoms with Gasteiger partial charge in [0, 0.05) is 10.5 Å². The molecule has 0 amide bonds. The molecular formula is C19H11N3S. The van der Waals surface area contributed by atoms with E-state index in [0.29, 0.717) is 21.8 Å². The first-order valence-electron chi connectivity index (χ1n) is 6.95. The van der Waals surface area contributed by atoms with E-state index in [1.165, 1.54) is 11.8 Å². The monoisotopic (exact) mass is 313 g/mol. The Hall–Kier alpha value is -3.08. The van der Waals surface area contributed by atoms with E-state index in [0.717, 1.165) is 10.5 Å². The molecule has 0 aliphatic carbocycles. The van der Waals surface area contributed by atoms with E-state index in [1.807, 2.05) is 60.7 Å². The largest absolute Gasteiger partial charge is 0.238 e. The Kier molecular flexibility index (Phi) is 4.38. The maximum atomic E-state index is 9.37. The summed E-state index contributed by atoms with van der Waals surface area (Å²) in [5.74, 6) is 0. The third kappa shape index (κ3) is 3.23. The highest BCUT2D eigenvalue weighted by molar-refractivity contribution is 7.99. The smallest absolute Gasteiger partial charge is 0.119 e. The number of nitriles is 2. The molecule has 0 aliphatic rings. The average molecular weight is 313 g/mol. The van der Waals surface area contributed by atoms with Crippen molar-refractivity contribution in [2.75, 3.05) is 0 Å². The molecule has 0 atom stereocenters. The number of aromatic nitrogens is 1. The Morgan fingerprint density at radius 1 is 0.783 bits per heavy atom. The van der Waals surface area contributed by atoms with Crippen LogP contribution in [-0.2, 0) is 0 Å². The minimum Gasteiger partial charge on any atom is -0.238 e. The zero-order chi connectivity index (χ0) is 16.1. The van der Waals surface area contributed by atoms with Crippen LogP contribution in [0.25, 0.3) is 11.3 Å². The van der Waals surface area contributed by atoms with E-state index in [2.05, 4.69) is 17.1 Å². The minimum absolute atomic E-state index is 0.408. The SMILES string of the molecule is N#Cc1cc(C#N)c(-c2ccccc2)nc1Sc1ccccc1. The molecule has 0 spiro atoms. The van der Waals surface area contributed by atoms with Gasteiger partial charge in [-0.2, -0.15) is 10.5 Å². The summed E-state index contributed by atoms with van der Waals surface area (Å²) >= 11 is 1.42. The van der Waals surface area contributed by atoms with Gasteiger partial charge in [-0.25, -0.2) is 4.98 Å². The van der Waals surface area contributed by atoms with Crippen molar-refractivity contribution in [3.8, 4) is 23.4 Å². The van der Waals surface area contributed by atoms with E-state index in [4.69, 9.17) is 0 Å². The molecule has 3 aromatic rings. The van der Waals surface area contributed by atoms with E-state index in [-0.39, 0.29) is 0 Å². The highest BCUT2D eigenvalue weighted by Crippen LogP contribution is 2.32. The lowest BCUT2D eigenvalue weighted by Crippen LogP contribution is -1.95. The molecule has 2 aromatic carbocycles. The Bertz CT molecular complexity index is 907. The molecular weight excluding hydrogens is 302 g/mol. The summed E-state index contributed by atoms with van der Waals surface area (Å²) in [6, 6.07) is 25.2. The van der Waals surface area contributed by atoms with Crippen LogP contribution in [0.4, 0.5) is 0 Å². The predicted molar refractivity (Wildman–Crippen MR) is 89.7 cm³/mol. The van der Waals surface area contributed by atoms with Gasteiger partial charge in [-0.3, -0.25) is 0 Å².